The largest absolute Gasteiger partial charge is 0.464 e. The van der Waals surface area contributed by atoms with Crippen LogP contribution in [0.5, 0.6) is 0 Å². The van der Waals surface area contributed by atoms with Crippen LogP contribution >= 0.6 is 24.8 Å². The van der Waals surface area contributed by atoms with Crippen molar-refractivity contribution < 1.29 is 38.1 Å². The molecule has 0 radical (unpaired) electrons. The molecule has 1 aromatic carbocycles. The van der Waals surface area contributed by atoms with Crippen LogP contribution in [0.25, 0.3) is 11.1 Å². The fraction of sp³-hybridized carbons (Fsp3) is 0.441. The van der Waals surface area contributed by atoms with Crippen LogP contribution in [0.2, 0.25) is 0 Å². The number of hydrogen-bond acceptors (Lipinski definition) is 9. The number of carbonyl (C=O) groups excluding carboxylic acids is 4. The number of nitrogens with zero attached hydrogens (tertiary/aromatic N) is 2. The second kappa shape index (κ2) is 19.5. The molecule has 0 aliphatic rings. The summed E-state index contributed by atoms with van der Waals surface area (Å²) in [4.78, 5) is 57.7. The smallest absolute Gasteiger partial charge is 0.415 e. The maximum atomic E-state index is 13.9. The van der Waals surface area contributed by atoms with Crippen molar-refractivity contribution in [3.05, 3.63) is 67.5 Å². The van der Waals surface area contributed by atoms with E-state index in [4.69, 9.17) is 18.9 Å². The maximum absolute atomic E-state index is 13.9. The Balaban J connectivity index is 0.0000110. The number of methoxy groups -OCH3 is 1. The standard InChI is InChI=1S/C34H46N4O8.2ClH/c1-11-14-25(37-31(41)45-33(4,5)6)26-20-22(18-19-35-26)24-17-16-23(36-30(40)43-10)21-28(24)38(32(42)46-34(7,8)9)27(15-12-2)29(39)44-13-3;;/h11-12,16-21,25,27H,1-2,13-15H2,3-10H3,(H,36,40)(H,37,41);2*1H/t25-,27?;;/m0../s1. The molecule has 0 aliphatic carbocycles. The lowest BCUT2D eigenvalue weighted by Gasteiger charge is -2.33. The number of esters is 1. The number of pyridine rings is 1. The normalized spacial score (nSPS) is 12.0. The van der Waals surface area contributed by atoms with Gasteiger partial charge in [-0.05, 0) is 91.1 Å². The predicted octanol–water partition coefficient (Wildman–Crippen LogP) is 8.16. The molecular weight excluding hydrogens is 663 g/mol. The first-order valence-corrected chi connectivity index (χ1v) is 14.9. The van der Waals surface area contributed by atoms with Gasteiger partial charge >= 0.3 is 24.2 Å². The molecule has 0 spiro atoms. The molecule has 0 bridgehead atoms. The molecule has 0 aliphatic heterocycles. The van der Waals surface area contributed by atoms with E-state index in [1.54, 1.807) is 85.0 Å². The van der Waals surface area contributed by atoms with Gasteiger partial charge in [0.05, 0.1) is 31.1 Å². The lowest BCUT2D eigenvalue weighted by molar-refractivity contribution is -0.144. The van der Waals surface area contributed by atoms with Gasteiger partial charge in [-0.2, -0.15) is 0 Å². The Labute approximate surface area is 295 Å². The van der Waals surface area contributed by atoms with Crippen molar-refractivity contribution in [2.45, 2.75) is 84.6 Å². The SMILES string of the molecule is C=CCC(C(=O)OCC)N(C(=O)OC(C)(C)C)c1cc(NC(=O)OC)ccc1-c1ccnc([C@H](CC=C)NC(=O)OC(C)(C)C)c1.Cl.Cl. The van der Waals surface area contributed by atoms with Crippen molar-refractivity contribution in [2.24, 2.45) is 0 Å². The Morgan fingerprint density at radius 1 is 0.917 bits per heavy atom. The van der Waals surface area contributed by atoms with Crippen LogP contribution in [-0.2, 0) is 23.7 Å². The minimum Gasteiger partial charge on any atom is -0.464 e. The lowest BCUT2D eigenvalue weighted by Crippen LogP contribution is -2.48. The third kappa shape index (κ3) is 13.4. The molecule has 2 N–H and O–H groups in total. The average molecular weight is 712 g/mol. The highest BCUT2D eigenvalue weighted by atomic mass is 35.5. The quantitative estimate of drug-likeness (QED) is 0.127. The van der Waals surface area contributed by atoms with Crippen molar-refractivity contribution in [1.29, 1.82) is 0 Å². The molecule has 3 amide bonds. The number of benzene rings is 1. The van der Waals surface area contributed by atoms with E-state index in [1.807, 2.05) is 0 Å². The Morgan fingerprint density at radius 2 is 1.54 bits per heavy atom. The van der Waals surface area contributed by atoms with E-state index in [1.165, 1.54) is 24.2 Å². The van der Waals surface area contributed by atoms with Gasteiger partial charge in [-0.1, -0.05) is 18.2 Å². The summed E-state index contributed by atoms with van der Waals surface area (Å²) < 4.78 is 21.3. The molecule has 0 saturated carbocycles. The second-order valence-corrected chi connectivity index (χ2v) is 12.2. The van der Waals surface area contributed by atoms with E-state index in [0.717, 1.165) is 0 Å². The molecule has 266 valence electrons. The summed E-state index contributed by atoms with van der Waals surface area (Å²) in [5.74, 6) is -0.673. The molecular formula is C34H48Cl2N4O8. The summed E-state index contributed by atoms with van der Waals surface area (Å²) in [6, 6.07) is 6.54. The summed E-state index contributed by atoms with van der Waals surface area (Å²) in [5.41, 5.74) is 0.435. The van der Waals surface area contributed by atoms with Crippen LogP contribution < -0.4 is 15.5 Å². The number of amides is 3. The number of rotatable bonds is 12. The highest BCUT2D eigenvalue weighted by molar-refractivity contribution is 6.01. The first-order valence-electron chi connectivity index (χ1n) is 14.9. The van der Waals surface area contributed by atoms with Crippen LogP contribution in [0.3, 0.4) is 0 Å². The summed E-state index contributed by atoms with van der Waals surface area (Å²) in [6.45, 7) is 19.7. The van der Waals surface area contributed by atoms with Crippen molar-refractivity contribution >= 4 is 60.4 Å². The fourth-order valence-electron chi connectivity index (χ4n) is 4.31. The number of alkyl carbamates (subject to hydrolysis) is 1. The van der Waals surface area contributed by atoms with E-state index in [2.05, 4.69) is 28.8 Å². The molecule has 0 fully saturated rings. The summed E-state index contributed by atoms with van der Waals surface area (Å²) in [5, 5.41) is 5.44. The topological polar surface area (TPSA) is 145 Å². The number of aromatic nitrogens is 1. The van der Waals surface area contributed by atoms with Crippen molar-refractivity contribution in [3.63, 3.8) is 0 Å². The zero-order chi connectivity index (χ0) is 34.7. The van der Waals surface area contributed by atoms with Gasteiger partial charge in [0.15, 0.2) is 0 Å². The first-order chi connectivity index (χ1) is 21.5. The Kier molecular flexibility index (Phi) is 17.8. The van der Waals surface area contributed by atoms with Gasteiger partial charge in [0, 0.05) is 17.4 Å². The van der Waals surface area contributed by atoms with E-state index in [-0.39, 0.29) is 49.2 Å². The molecule has 14 heteroatoms. The van der Waals surface area contributed by atoms with Crippen molar-refractivity contribution in [2.75, 3.05) is 23.9 Å². The van der Waals surface area contributed by atoms with Gasteiger partial charge in [0.2, 0.25) is 0 Å². The average Bonchev–Trinajstić information content (AvgIpc) is 2.95. The molecule has 0 saturated heterocycles. The number of anilines is 2. The second-order valence-electron chi connectivity index (χ2n) is 12.2. The maximum Gasteiger partial charge on any atom is 0.415 e. The molecule has 2 rings (SSSR count). The fourth-order valence-corrected chi connectivity index (χ4v) is 4.31. The molecule has 1 heterocycles. The Morgan fingerprint density at radius 3 is 2.08 bits per heavy atom. The number of carbonyl (C=O) groups is 4. The van der Waals surface area contributed by atoms with Gasteiger partial charge in [-0.25, -0.2) is 19.2 Å². The van der Waals surface area contributed by atoms with E-state index >= 15 is 0 Å². The van der Waals surface area contributed by atoms with E-state index in [9.17, 15) is 19.2 Å². The zero-order valence-electron chi connectivity index (χ0n) is 28.8. The first kappa shape index (κ1) is 43.7. The van der Waals surface area contributed by atoms with E-state index < -0.39 is 47.5 Å². The highest BCUT2D eigenvalue weighted by Crippen LogP contribution is 2.37. The lowest BCUT2D eigenvalue weighted by atomic mass is 9.99. The Bertz CT molecular complexity index is 1420. The van der Waals surface area contributed by atoms with Crippen LogP contribution in [-0.4, -0.2) is 60.2 Å². The summed E-state index contributed by atoms with van der Waals surface area (Å²) in [6.07, 6.45) is 2.92. The van der Waals surface area contributed by atoms with Crippen LogP contribution in [0.4, 0.5) is 25.8 Å². The number of nitrogens with one attached hydrogen (secondary N) is 2. The third-order valence-corrected chi connectivity index (χ3v) is 6.08. The monoisotopic (exact) mass is 710 g/mol. The molecule has 2 aromatic rings. The minimum absolute atomic E-state index is 0. The zero-order valence-corrected chi connectivity index (χ0v) is 30.4. The van der Waals surface area contributed by atoms with Crippen LogP contribution in [0.15, 0.2) is 61.8 Å². The minimum atomic E-state index is -1.16. The van der Waals surface area contributed by atoms with Gasteiger partial charge in [0.1, 0.15) is 17.2 Å². The molecule has 48 heavy (non-hydrogen) atoms. The van der Waals surface area contributed by atoms with Gasteiger partial charge < -0.3 is 24.3 Å². The number of halogens is 2. The number of hydrogen-bond donors (Lipinski definition) is 2. The van der Waals surface area contributed by atoms with Crippen LogP contribution in [0, 0.1) is 0 Å². The van der Waals surface area contributed by atoms with E-state index in [0.29, 0.717) is 23.2 Å². The van der Waals surface area contributed by atoms with Crippen molar-refractivity contribution in [1.82, 2.24) is 10.3 Å². The third-order valence-electron chi connectivity index (χ3n) is 6.08. The molecule has 12 nitrogen and oxygen atoms in total. The molecule has 2 atom stereocenters. The Hall–Kier alpha value is -4.29. The number of ether oxygens (including phenoxy) is 4. The highest BCUT2D eigenvalue weighted by Gasteiger charge is 2.36. The van der Waals surface area contributed by atoms with Gasteiger partial charge in [-0.3, -0.25) is 15.2 Å². The summed E-state index contributed by atoms with van der Waals surface area (Å²) >= 11 is 0. The van der Waals surface area contributed by atoms with Crippen molar-refractivity contribution in [3.8, 4) is 11.1 Å². The predicted molar refractivity (Wildman–Crippen MR) is 191 cm³/mol. The molecule has 1 unspecified atom stereocenters. The summed E-state index contributed by atoms with van der Waals surface area (Å²) in [7, 11) is 1.22. The van der Waals surface area contributed by atoms with Crippen LogP contribution in [0.1, 0.15) is 73.0 Å². The molecule has 1 aromatic heterocycles. The van der Waals surface area contributed by atoms with Gasteiger partial charge in [0.25, 0.3) is 0 Å². The van der Waals surface area contributed by atoms with Gasteiger partial charge in [-0.15, -0.1) is 38.0 Å².